The molecule has 11 heavy (non-hydrogen) atoms. The number of rotatable bonds is 0. The molecule has 0 aliphatic rings. The van der Waals surface area contributed by atoms with Gasteiger partial charge in [-0.1, -0.05) is 23.2 Å². The molecule has 0 unspecified atom stereocenters. The van der Waals surface area contributed by atoms with E-state index in [0.717, 1.165) is 0 Å². The standard InChI is InChI=1S/C6H7Cl2N3/c1-2-3(7)5(9)11-6(10)4(2)8/h1H3,(H4,9,10,11). The van der Waals surface area contributed by atoms with Crippen molar-refractivity contribution in [3.63, 3.8) is 0 Å². The zero-order valence-electron chi connectivity index (χ0n) is 5.86. The van der Waals surface area contributed by atoms with Crippen LogP contribution in [0.3, 0.4) is 0 Å². The lowest BCUT2D eigenvalue weighted by atomic mass is 10.3. The van der Waals surface area contributed by atoms with Crippen LogP contribution in [-0.2, 0) is 0 Å². The van der Waals surface area contributed by atoms with E-state index in [2.05, 4.69) is 4.98 Å². The molecule has 0 aromatic carbocycles. The summed E-state index contributed by atoms with van der Waals surface area (Å²) in [5, 5.41) is 0.730. The monoisotopic (exact) mass is 191 g/mol. The van der Waals surface area contributed by atoms with Crippen molar-refractivity contribution in [2.45, 2.75) is 6.92 Å². The second-order valence-corrected chi connectivity index (χ2v) is 2.89. The molecule has 0 amide bonds. The minimum atomic E-state index is 0.214. The molecular weight excluding hydrogens is 185 g/mol. The van der Waals surface area contributed by atoms with Crippen LogP contribution < -0.4 is 11.5 Å². The molecule has 0 aliphatic heterocycles. The molecule has 0 saturated carbocycles. The minimum absolute atomic E-state index is 0.214. The lowest BCUT2D eigenvalue weighted by Crippen LogP contribution is -1.99. The number of nitrogens with zero attached hydrogens (tertiary/aromatic N) is 1. The Balaban J connectivity index is 3.46. The van der Waals surface area contributed by atoms with E-state index in [1.165, 1.54) is 0 Å². The molecule has 0 spiro atoms. The second-order valence-electron chi connectivity index (χ2n) is 2.14. The highest BCUT2D eigenvalue weighted by Crippen LogP contribution is 2.30. The van der Waals surface area contributed by atoms with E-state index < -0.39 is 0 Å². The van der Waals surface area contributed by atoms with Crippen molar-refractivity contribution in [2.75, 3.05) is 11.5 Å². The fourth-order valence-corrected chi connectivity index (χ4v) is 1.03. The van der Waals surface area contributed by atoms with Crippen LogP contribution in [0.2, 0.25) is 10.0 Å². The Morgan fingerprint density at radius 3 is 1.82 bits per heavy atom. The average Bonchev–Trinajstić information content (AvgIpc) is 1.97. The molecule has 1 rings (SSSR count). The molecule has 0 bridgehead atoms. The van der Waals surface area contributed by atoms with Gasteiger partial charge in [-0.3, -0.25) is 0 Å². The zero-order valence-corrected chi connectivity index (χ0v) is 7.37. The Morgan fingerprint density at radius 1 is 1.09 bits per heavy atom. The molecule has 60 valence electrons. The quantitative estimate of drug-likeness (QED) is 0.659. The molecule has 1 aromatic rings. The number of aromatic nitrogens is 1. The Kier molecular flexibility index (Phi) is 2.11. The van der Waals surface area contributed by atoms with Crippen LogP contribution in [0.1, 0.15) is 5.56 Å². The Labute approximate surface area is 74.3 Å². The van der Waals surface area contributed by atoms with Gasteiger partial charge in [-0.05, 0) is 12.5 Å². The van der Waals surface area contributed by atoms with E-state index in [-0.39, 0.29) is 11.6 Å². The van der Waals surface area contributed by atoms with Gasteiger partial charge in [0.05, 0.1) is 10.0 Å². The summed E-state index contributed by atoms with van der Waals surface area (Å²) in [6.07, 6.45) is 0. The van der Waals surface area contributed by atoms with Gasteiger partial charge in [-0.2, -0.15) is 0 Å². The van der Waals surface area contributed by atoms with E-state index in [4.69, 9.17) is 34.7 Å². The van der Waals surface area contributed by atoms with Crippen LogP contribution in [0.15, 0.2) is 0 Å². The van der Waals surface area contributed by atoms with Crippen LogP contribution in [0.25, 0.3) is 0 Å². The van der Waals surface area contributed by atoms with Gasteiger partial charge < -0.3 is 11.5 Å². The smallest absolute Gasteiger partial charge is 0.145 e. The van der Waals surface area contributed by atoms with Gasteiger partial charge >= 0.3 is 0 Å². The summed E-state index contributed by atoms with van der Waals surface area (Å²) in [6, 6.07) is 0. The number of hydrogen-bond donors (Lipinski definition) is 2. The first-order chi connectivity index (χ1) is 5.04. The van der Waals surface area contributed by atoms with Crippen LogP contribution in [-0.4, -0.2) is 4.98 Å². The molecule has 5 heteroatoms. The third-order valence-electron chi connectivity index (χ3n) is 1.35. The molecular formula is C6H7Cl2N3. The summed E-state index contributed by atoms with van der Waals surface area (Å²) < 4.78 is 0. The first-order valence-electron chi connectivity index (χ1n) is 2.90. The van der Waals surface area contributed by atoms with Crippen molar-refractivity contribution in [1.82, 2.24) is 4.98 Å². The molecule has 1 aromatic heterocycles. The number of pyridine rings is 1. The SMILES string of the molecule is Cc1c(Cl)c(N)nc(N)c1Cl. The molecule has 0 aliphatic carbocycles. The summed E-state index contributed by atoms with van der Waals surface area (Å²) in [5.41, 5.74) is 11.5. The van der Waals surface area contributed by atoms with E-state index in [1.807, 2.05) is 0 Å². The maximum absolute atomic E-state index is 5.73. The Morgan fingerprint density at radius 2 is 1.45 bits per heavy atom. The predicted molar refractivity (Wildman–Crippen MR) is 47.8 cm³/mol. The fourth-order valence-electron chi connectivity index (χ4n) is 0.708. The largest absolute Gasteiger partial charge is 0.382 e. The predicted octanol–water partition coefficient (Wildman–Crippen LogP) is 1.86. The number of hydrogen-bond acceptors (Lipinski definition) is 3. The molecule has 3 nitrogen and oxygen atoms in total. The van der Waals surface area contributed by atoms with Crippen LogP contribution >= 0.6 is 23.2 Å². The molecule has 1 heterocycles. The summed E-state index contributed by atoms with van der Waals surface area (Å²) in [6.45, 7) is 1.74. The molecule has 0 atom stereocenters. The van der Waals surface area contributed by atoms with E-state index in [9.17, 15) is 0 Å². The van der Waals surface area contributed by atoms with Crippen LogP contribution in [0.5, 0.6) is 0 Å². The average molecular weight is 192 g/mol. The first-order valence-corrected chi connectivity index (χ1v) is 3.66. The maximum Gasteiger partial charge on any atom is 0.145 e. The maximum atomic E-state index is 5.73. The van der Waals surface area contributed by atoms with Crippen LogP contribution in [0, 0.1) is 6.92 Å². The summed E-state index contributed by atoms with van der Waals surface area (Å²) in [4.78, 5) is 3.73. The number of halogens is 2. The van der Waals surface area contributed by atoms with Gasteiger partial charge in [0.25, 0.3) is 0 Å². The molecule has 4 N–H and O–H groups in total. The highest BCUT2D eigenvalue weighted by atomic mass is 35.5. The lowest BCUT2D eigenvalue weighted by Gasteiger charge is -2.05. The van der Waals surface area contributed by atoms with Crippen molar-refractivity contribution < 1.29 is 0 Å². The highest BCUT2D eigenvalue weighted by Gasteiger charge is 2.09. The van der Waals surface area contributed by atoms with Gasteiger partial charge in [0.15, 0.2) is 0 Å². The van der Waals surface area contributed by atoms with Gasteiger partial charge in [-0.15, -0.1) is 0 Å². The van der Waals surface area contributed by atoms with Gasteiger partial charge in [0.2, 0.25) is 0 Å². The topological polar surface area (TPSA) is 64.9 Å². The summed E-state index contributed by atoms with van der Waals surface area (Å²) >= 11 is 11.5. The summed E-state index contributed by atoms with van der Waals surface area (Å²) in [5.74, 6) is 0.428. The Hall–Kier alpha value is -0.670. The third-order valence-corrected chi connectivity index (χ3v) is 2.30. The van der Waals surface area contributed by atoms with Crippen molar-refractivity contribution in [3.8, 4) is 0 Å². The molecule has 0 radical (unpaired) electrons. The second kappa shape index (κ2) is 2.75. The van der Waals surface area contributed by atoms with Crippen molar-refractivity contribution in [2.24, 2.45) is 0 Å². The van der Waals surface area contributed by atoms with Gasteiger partial charge in [-0.25, -0.2) is 4.98 Å². The van der Waals surface area contributed by atoms with E-state index in [1.54, 1.807) is 6.92 Å². The number of anilines is 2. The van der Waals surface area contributed by atoms with Gasteiger partial charge in [0.1, 0.15) is 11.6 Å². The minimum Gasteiger partial charge on any atom is -0.382 e. The Bertz CT molecular complexity index is 272. The fraction of sp³-hybridized carbons (Fsp3) is 0.167. The van der Waals surface area contributed by atoms with Crippen molar-refractivity contribution >= 4 is 34.8 Å². The normalized spacial score (nSPS) is 10.1. The number of nitrogen functional groups attached to an aromatic ring is 2. The molecule has 0 saturated heterocycles. The highest BCUT2D eigenvalue weighted by molar-refractivity contribution is 6.38. The summed E-state index contributed by atoms with van der Waals surface area (Å²) in [7, 11) is 0. The molecule has 0 fully saturated rings. The van der Waals surface area contributed by atoms with E-state index in [0.29, 0.717) is 15.6 Å². The van der Waals surface area contributed by atoms with E-state index >= 15 is 0 Å². The van der Waals surface area contributed by atoms with Crippen molar-refractivity contribution in [3.05, 3.63) is 15.6 Å². The van der Waals surface area contributed by atoms with Gasteiger partial charge in [0, 0.05) is 0 Å². The van der Waals surface area contributed by atoms with Crippen LogP contribution in [0.4, 0.5) is 11.6 Å². The third kappa shape index (κ3) is 1.34. The first kappa shape index (κ1) is 8.43. The lowest BCUT2D eigenvalue weighted by molar-refractivity contribution is 1.30. The van der Waals surface area contributed by atoms with Crippen molar-refractivity contribution in [1.29, 1.82) is 0 Å². The number of nitrogens with two attached hydrogens (primary N) is 2. The zero-order chi connectivity index (χ0) is 8.59.